The average Bonchev–Trinajstić information content (AvgIpc) is 2.30. The highest BCUT2D eigenvalue weighted by atomic mass is 32.2. The molecule has 0 bridgehead atoms. The first-order valence-corrected chi connectivity index (χ1v) is 5.46. The van der Waals surface area contributed by atoms with E-state index in [0.29, 0.717) is 5.56 Å². The number of sulfonamides is 1. The second kappa shape index (κ2) is 2.96. The van der Waals surface area contributed by atoms with Crippen LogP contribution < -0.4 is 5.14 Å². The molecule has 0 aromatic carbocycles. The molecule has 0 aliphatic carbocycles. The Morgan fingerprint density at radius 1 is 1.58 bits per heavy atom. The van der Waals surface area contributed by atoms with Gasteiger partial charge in [0.05, 0.1) is 0 Å². The standard InChI is InChI=1S/C6H7NO3S2/c1-4(8)5-2-6(11-3-5)12(7,9)10/h2-3H,1H3,(H2,7,9,10). The summed E-state index contributed by atoms with van der Waals surface area (Å²) in [7, 11) is -3.65. The predicted octanol–water partition coefficient (Wildman–Crippen LogP) is 0.598. The van der Waals surface area contributed by atoms with Crippen LogP contribution >= 0.6 is 11.3 Å². The molecule has 0 saturated carbocycles. The van der Waals surface area contributed by atoms with Crippen LogP contribution in [-0.4, -0.2) is 14.2 Å². The second-order valence-electron chi connectivity index (χ2n) is 2.26. The van der Waals surface area contributed by atoms with Gasteiger partial charge in [-0.15, -0.1) is 11.3 Å². The SMILES string of the molecule is CC(=O)c1csc(S(N)(=O)=O)c1. The van der Waals surface area contributed by atoms with Gasteiger partial charge in [0, 0.05) is 10.9 Å². The van der Waals surface area contributed by atoms with Gasteiger partial charge in [0.1, 0.15) is 4.21 Å². The zero-order valence-corrected chi connectivity index (χ0v) is 7.91. The second-order valence-corrected chi connectivity index (χ2v) is 4.96. The maximum Gasteiger partial charge on any atom is 0.247 e. The van der Waals surface area contributed by atoms with Crippen molar-refractivity contribution in [1.82, 2.24) is 0 Å². The lowest BCUT2D eigenvalue weighted by Gasteiger charge is -1.88. The van der Waals surface area contributed by atoms with Gasteiger partial charge in [-0.05, 0) is 13.0 Å². The number of hydrogen-bond acceptors (Lipinski definition) is 4. The third-order valence-electron chi connectivity index (χ3n) is 1.26. The molecule has 0 amide bonds. The summed E-state index contributed by atoms with van der Waals surface area (Å²) in [6, 6.07) is 1.28. The van der Waals surface area contributed by atoms with Crippen LogP contribution in [0.15, 0.2) is 15.7 Å². The van der Waals surface area contributed by atoms with Gasteiger partial charge in [0.25, 0.3) is 0 Å². The Morgan fingerprint density at radius 2 is 2.17 bits per heavy atom. The highest BCUT2D eigenvalue weighted by Crippen LogP contribution is 2.18. The van der Waals surface area contributed by atoms with Crippen molar-refractivity contribution < 1.29 is 13.2 Å². The minimum absolute atomic E-state index is 0.0210. The fourth-order valence-electron chi connectivity index (χ4n) is 0.650. The summed E-state index contributed by atoms with van der Waals surface area (Å²) in [4.78, 5) is 10.8. The van der Waals surface area contributed by atoms with E-state index in [1.165, 1.54) is 18.4 Å². The first-order chi connectivity index (χ1) is 5.41. The summed E-state index contributed by atoms with van der Waals surface area (Å²) in [5.74, 6) is -0.166. The average molecular weight is 205 g/mol. The van der Waals surface area contributed by atoms with Crippen molar-refractivity contribution in [3.05, 3.63) is 17.0 Å². The molecule has 12 heavy (non-hydrogen) atoms. The number of hydrogen-bond donors (Lipinski definition) is 1. The molecule has 0 fully saturated rings. The lowest BCUT2D eigenvalue weighted by atomic mass is 10.2. The van der Waals surface area contributed by atoms with Crippen molar-refractivity contribution in [2.75, 3.05) is 0 Å². The summed E-state index contributed by atoms with van der Waals surface area (Å²) < 4.78 is 21.5. The van der Waals surface area contributed by atoms with Crippen LogP contribution in [0.2, 0.25) is 0 Å². The molecule has 0 spiro atoms. The quantitative estimate of drug-likeness (QED) is 0.718. The van der Waals surface area contributed by atoms with Crippen LogP contribution in [0.4, 0.5) is 0 Å². The molecule has 6 heteroatoms. The zero-order chi connectivity index (χ0) is 9.35. The Hall–Kier alpha value is -0.720. The van der Waals surface area contributed by atoms with Gasteiger partial charge in [-0.1, -0.05) is 0 Å². The third kappa shape index (κ3) is 1.90. The van der Waals surface area contributed by atoms with Crippen LogP contribution in [0.3, 0.4) is 0 Å². The number of nitrogens with two attached hydrogens (primary N) is 1. The Balaban J connectivity index is 3.17. The molecule has 4 nitrogen and oxygen atoms in total. The summed E-state index contributed by atoms with van der Waals surface area (Å²) in [5, 5.41) is 6.32. The molecule has 2 N–H and O–H groups in total. The van der Waals surface area contributed by atoms with E-state index in [4.69, 9.17) is 5.14 Å². The largest absolute Gasteiger partial charge is 0.294 e. The van der Waals surface area contributed by atoms with Crippen molar-refractivity contribution in [3.63, 3.8) is 0 Å². The van der Waals surface area contributed by atoms with Gasteiger partial charge in [-0.25, -0.2) is 13.6 Å². The summed E-state index contributed by atoms with van der Waals surface area (Å²) >= 11 is 0.951. The van der Waals surface area contributed by atoms with Crippen molar-refractivity contribution >= 4 is 27.1 Å². The van der Waals surface area contributed by atoms with E-state index >= 15 is 0 Å². The topological polar surface area (TPSA) is 77.2 Å². The van der Waals surface area contributed by atoms with Crippen LogP contribution in [-0.2, 0) is 10.0 Å². The molecule has 0 saturated heterocycles. The van der Waals surface area contributed by atoms with E-state index in [0.717, 1.165) is 11.3 Å². The maximum absolute atomic E-state index is 10.8. The Bertz CT molecular complexity index is 404. The number of rotatable bonds is 2. The first kappa shape index (κ1) is 9.37. The van der Waals surface area contributed by atoms with Crippen molar-refractivity contribution in [3.8, 4) is 0 Å². The number of carbonyl (C=O) groups is 1. The van der Waals surface area contributed by atoms with Gasteiger partial charge >= 0.3 is 0 Å². The van der Waals surface area contributed by atoms with E-state index in [1.54, 1.807) is 0 Å². The Labute approximate surface area is 74.1 Å². The van der Waals surface area contributed by atoms with E-state index in [1.807, 2.05) is 0 Å². The number of carbonyl (C=O) groups excluding carboxylic acids is 1. The molecule has 1 rings (SSSR count). The number of primary sulfonamides is 1. The lowest BCUT2D eigenvalue weighted by molar-refractivity contribution is 0.101. The predicted molar refractivity (Wildman–Crippen MR) is 45.7 cm³/mol. The van der Waals surface area contributed by atoms with Gasteiger partial charge in [-0.2, -0.15) is 0 Å². The fourth-order valence-corrected chi connectivity index (χ4v) is 2.29. The fraction of sp³-hybridized carbons (Fsp3) is 0.167. The minimum Gasteiger partial charge on any atom is -0.294 e. The highest BCUT2D eigenvalue weighted by molar-refractivity contribution is 7.91. The minimum atomic E-state index is -3.65. The van der Waals surface area contributed by atoms with Gasteiger partial charge in [-0.3, -0.25) is 4.79 Å². The van der Waals surface area contributed by atoms with Crippen LogP contribution in [0.5, 0.6) is 0 Å². The first-order valence-electron chi connectivity index (χ1n) is 3.03. The van der Waals surface area contributed by atoms with Crippen LogP contribution in [0.25, 0.3) is 0 Å². The number of thiophene rings is 1. The van der Waals surface area contributed by atoms with Crippen molar-refractivity contribution in [2.24, 2.45) is 5.14 Å². The zero-order valence-electron chi connectivity index (χ0n) is 6.27. The lowest BCUT2D eigenvalue weighted by Crippen LogP contribution is -2.10. The molecule has 1 heterocycles. The molecule has 1 aromatic rings. The van der Waals surface area contributed by atoms with Crippen molar-refractivity contribution in [1.29, 1.82) is 0 Å². The highest BCUT2D eigenvalue weighted by Gasteiger charge is 2.12. The van der Waals surface area contributed by atoms with E-state index in [9.17, 15) is 13.2 Å². The van der Waals surface area contributed by atoms with Gasteiger partial charge in [0.2, 0.25) is 10.0 Å². The Morgan fingerprint density at radius 3 is 2.42 bits per heavy atom. The molecule has 0 aliphatic rings. The summed E-state index contributed by atoms with van der Waals surface area (Å²) in [5.41, 5.74) is 0.379. The summed E-state index contributed by atoms with van der Waals surface area (Å²) in [6.45, 7) is 1.37. The molecule has 0 radical (unpaired) electrons. The number of Topliss-reactive ketones (excluding diaryl/α,β-unsaturated/α-hetero) is 1. The van der Waals surface area contributed by atoms with E-state index < -0.39 is 10.0 Å². The smallest absolute Gasteiger partial charge is 0.247 e. The molecule has 66 valence electrons. The number of ketones is 1. The molecule has 0 unspecified atom stereocenters. The molecular formula is C6H7NO3S2. The monoisotopic (exact) mass is 205 g/mol. The maximum atomic E-state index is 10.8. The van der Waals surface area contributed by atoms with Crippen molar-refractivity contribution in [2.45, 2.75) is 11.1 Å². The molecule has 1 aromatic heterocycles. The van der Waals surface area contributed by atoms with E-state index in [-0.39, 0.29) is 9.99 Å². The van der Waals surface area contributed by atoms with Crippen LogP contribution in [0.1, 0.15) is 17.3 Å². The van der Waals surface area contributed by atoms with Gasteiger partial charge in [0.15, 0.2) is 5.78 Å². The van der Waals surface area contributed by atoms with Crippen LogP contribution in [0, 0.1) is 0 Å². The summed E-state index contributed by atoms with van der Waals surface area (Å²) in [6.07, 6.45) is 0. The molecular weight excluding hydrogens is 198 g/mol. The van der Waals surface area contributed by atoms with Gasteiger partial charge < -0.3 is 0 Å². The van der Waals surface area contributed by atoms with E-state index in [2.05, 4.69) is 0 Å². The Kier molecular flexibility index (Phi) is 2.31. The third-order valence-corrected chi connectivity index (χ3v) is 3.65. The molecule has 0 aliphatic heterocycles. The normalized spacial score (nSPS) is 11.5. The molecule has 0 atom stereocenters.